The number of likely N-dealkylation sites (tertiary alicyclic amines) is 1. The number of fused-ring (bicyclic) bond motifs is 1. The monoisotopic (exact) mass is 432 g/mol. The van der Waals surface area contributed by atoms with E-state index in [0.29, 0.717) is 41.9 Å². The van der Waals surface area contributed by atoms with Crippen LogP contribution in [0.3, 0.4) is 0 Å². The molecule has 3 aromatic carbocycles. The number of carbonyl (C=O) groups excluding carboxylic acids is 1. The number of hydrogen-bond donors (Lipinski definition) is 0. The highest BCUT2D eigenvalue weighted by Crippen LogP contribution is 2.35. The van der Waals surface area contributed by atoms with Crippen LogP contribution in [0.2, 0.25) is 0 Å². The Morgan fingerprint density at radius 2 is 1.78 bits per heavy atom. The van der Waals surface area contributed by atoms with E-state index in [9.17, 15) is 13.6 Å². The van der Waals surface area contributed by atoms with Crippen LogP contribution in [0, 0.1) is 11.6 Å². The van der Waals surface area contributed by atoms with Crippen molar-refractivity contribution in [3.05, 3.63) is 89.8 Å². The van der Waals surface area contributed by atoms with Gasteiger partial charge in [-0.3, -0.25) is 4.79 Å². The standard InChI is InChI=1S/C26H22F2N2O2/c27-20-11-9-18(15-21(20)28)19-10-12-24-22(16-19)29-26(32-24)23-7-4-14-30(23)25(31)13-8-17-5-2-1-3-6-17/h1-3,5-6,9-12,15-16,23H,4,7-8,13-14H2. The van der Waals surface area contributed by atoms with Crippen molar-refractivity contribution in [3.63, 3.8) is 0 Å². The van der Waals surface area contributed by atoms with Crippen molar-refractivity contribution >= 4 is 17.0 Å². The van der Waals surface area contributed by atoms with E-state index in [2.05, 4.69) is 4.98 Å². The molecule has 5 rings (SSSR count). The lowest BCUT2D eigenvalue weighted by molar-refractivity contribution is -0.132. The number of benzene rings is 3. The van der Waals surface area contributed by atoms with Crippen molar-refractivity contribution in [2.75, 3.05) is 6.54 Å². The first-order valence-corrected chi connectivity index (χ1v) is 10.8. The summed E-state index contributed by atoms with van der Waals surface area (Å²) in [4.78, 5) is 19.4. The van der Waals surface area contributed by atoms with Gasteiger partial charge in [-0.15, -0.1) is 0 Å². The fraction of sp³-hybridized carbons (Fsp3) is 0.231. The average molecular weight is 432 g/mol. The molecule has 6 heteroatoms. The maximum Gasteiger partial charge on any atom is 0.223 e. The van der Waals surface area contributed by atoms with Gasteiger partial charge in [0, 0.05) is 13.0 Å². The zero-order valence-corrected chi connectivity index (χ0v) is 17.4. The van der Waals surface area contributed by atoms with Gasteiger partial charge in [-0.05, 0) is 60.2 Å². The van der Waals surface area contributed by atoms with Crippen LogP contribution >= 0.6 is 0 Å². The summed E-state index contributed by atoms with van der Waals surface area (Å²) in [5, 5.41) is 0. The molecule has 1 aliphatic rings. The van der Waals surface area contributed by atoms with Crippen LogP contribution in [0.1, 0.15) is 36.8 Å². The summed E-state index contributed by atoms with van der Waals surface area (Å²) in [7, 11) is 0. The summed E-state index contributed by atoms with van der Waals surface area (Å²) >= 11 is 0. The van der Waals surface area contributed by atoms with E-state index >= 15 is 0 Å². The molecule has 1 aromatic heterocycles. The molecule has 4 nitrogen and oxygen atoms in total. The quantitative estimate of drug-likeness (QED) is 0.385. The maximum atomic E-state index is 13.6. The van der Waals surface area contributed by atoms with Crippen LogP contribution in [0.5, 0.6) is 0 Å². The third-order valence-electron chi connectivity index (χ3n) is 5.99. The predicted octanol–water partition coefficient (Wildman–Crippen LogP) is 6.07. The number of halogens is 2. The molecule has 0 spiro atoms. The molecule has 4 aromatic rings. The second kappa shape index (κ2) is 8.54. The molecule has 1 atom stereocenters. The zero-order valence-electron chi connectivity index (χ0n) is 17.4. The molecule has 0 aliphatic carbocycles. The van der Waals surface area contributed by atoms with Crippen LogP contribution in [-0.2, 0) is 11.2 Å². The summed E-state index contributed by atoms with van der Waals surface area (Å²) < 4.78 is 32.9. The summed E-state index contributed by atoms with van der Waals surface area (Å²) in [5.74, 6) is -1.15. The van der Waals surface area contributed by atoms with E-state index in [0.717, 1.165) is 30.0 Å². The van der Waals surface area contributed by atoms with Gasteiger partial charge in [-0.1, -0.05) is 42.5 Å². The SMILES string of the molecule is O=C(CCc1ccccc1)N1CCCC1c1nc2cc(-c3ccc(F)c(F)c3)ccc2o1. The minimum Gasteiger partial charge on any atom is -0.438 e. The lowest BCUT2D eigenvalue weighted by atomic mass is 10.1. The van der Waals surface area contributed by atoms with Gasteiger partial charge in [-0.25, -0.2) is 13.8 Å². The van der Waals surface area contributed by atoms with Crippen molar-refractivity contribution in [1.29, 1.82) is 0 Å². The Bertz CT molecular complexity index is 1270. The summed E-state index contributed by atoms with van der Waals surface area (Å²) in [6, 6.07) is 19.0. The van der Waals surface area contributed by atoms with Crippen molar-refractivity contribution in [3.8, 4) is 11.1 Å². The van der Waals surface area contributed by atoms with E-state index < -0.39 is 11.6 Å². The number of nitrogens with zero attached hydrogens (tertiary/aromatic N) is 2. The molecular formula is C26H22F2N2O2. The third-order valence-corrected chi connectivity index (χ3v) is 5.99. The number of aromatic nitrogens is 1. The summed E-state index contributed by atoms with van der Waals surface area (Å²) in [5.41, 5.74) is 3.66. The van der Waals surface area contributed by atoms with E-state index in [1.54, 1.807) is 18.2 Å². The first kappa shape index (κ1) is 20.4. The number of hydrogen-bond acceptors (Lipinski definition) is 3. The van der Waals surface area contributed by atoms with E-state index in [-0.39, 0.29) is 11.9 Å². The minimum atomic E-state index is -0.890. The van der Waals surface area contributed by atoms with E-state index in [1.165, 1.54) is 12.1 Å². The first-order valence-electron chi connectivity index (χ1n) is 10.8. The predicted molar refractivity (Wildman–Crippen MR) is 118 cm³/mol. The Kier molecular flexibility index (Phi) is 5.43. The normalized spacial score (nSPS) is 16.1. The Morgan fingerprint density at radius 1 is 1.00 bits per heavy atom. The molecule has 32 heavy (non-hydrogen) atoms. The lowest BCUT2D eigenvalue weighted by Gasteiger charge is -2.22. The van der Waals surface area contributed by atoms with E-state index in [4.69, 9.17) is 4.42 Å². The van der Waals surface area contributed by atoms with Crippen LogP contribution in [-0.4, -0.2) is 22.3 Å². The number of amides is 1. The first-order chi connectivity index (χ1) is 15.6. The van der Waals surface area contributed by atoms with Gasteiger partial charge in [0.15, 0.2) is 17.2 Å². The summed E-state index contributed by atoms with van der Waals surface area (Å²) in [6.07, 6.45) is 2.86. The lowest BCUT2D eigenvalue weighted by Crippen LogP contribution is -2.30. The second-order valence-corrected chi connectivity index (χ2v) is 8.09. The Morgan fingerprint density at radius 3 is 2.59 bits per heavy atom. The largest absolute Gasteiger partial charge is 0.438 e. The fourth-order valence-electron chi connectivity index (χ4n) is 4.30. The Labute approximate surface area is 184 Å². The molecule has 0 saturated carbocycles. The van der Waals surface area contributed by atoms with E-state index in [1.807, 2.05) is 35.2 Å². The molecular weight excluding hydrogens is 410 g/mol. The molecule has 1 saturated heterocycles. The van der Waals surface area contributed by atoms with Crippen LogP contribution in [0.25, 0.3) is 22.2 Å². The molecule has 0 bridgehead atoms. The Balaban J connectivity index is 1.36. The highest BCUT2D eigenvalue weighted by Gasteiger charge is 2.33. The van der Waals surface area contributed by atoms with Crippen LogP contribution < -0.4 is 0 Å². The number of carbonyl (C=O) groups is 1. The van der Waals surface area contributed by atoms with Gasteiger partial charge in [-0.2, -0.15) is 0 Å². The smallest absolute Gasteiger partial charge is 0.223 e. The molecule has 2 heterocycles. The minimum absolute atomic E-state index is 0.0982. The fourth-order valence-corrected chi connectivity index (χ4v) is 4.30. The van der Waals surface area contributed by atoms with Crippen LogP contribution in [0.15, 0.2) is 71.1 Å². The van der Waals surface area contributed by atoms with Gasteiger partial charge >= 0.3 is 0 Å². The zero-order chi connectivity index (χ0) is 22.1. The Hall–Kier alpha value is -3.54. The van der Waals surface area contributed by atoms with Gasteiger partial charge in [0.05, 0.1) is 0 Å². The molecule has 1 fully saturated rings. The molecule has 162 valence electrons. The van der Waals surface area contributed by atoms with Crippen LogP contribution in [0.4, 0.5) is 8.78 Å². The number of aryl methyl sites for hydroxylation is 1. The molecule has 1 unspecified atom stereocenters. The topological polar surface area (TPSA) is 46.3 Å². The van der Waals surface area contributed by atoms with Crippen molar-refractivity contribution in [2.45, 2.75) is 31.7 Å². The molecule has 1 aliphatic heterocycles. The number of oxazole rings is 1. The number of rotatable bonds is 5. The molecule has 0 N–H and O–H groups in total. The van der Waals surface area contributed by atoms with Gasteiger partial charge in [0.1, 0.15) is 11.6 Å². The average Bonchev–Trinajstić information content (AvgIpc) is 3.46. The van der Waals surface area contributed by atoms with Crippen molar-refractivity contribution in [2.24, 2.45) is 0 Å². The van der Waals surface area contributed by atoms with Gasteiger partial charge in [0.25, 0.3) is 0 Å². The van der Waals surface area contributed by atoms with Crippen molar-refractivity contribution < 1.29 is 18.0 Å². The highest BCUT2D eigenvalue weighted by atomic mass is 19.2. The van der Waals surface area contributed by atoms with Gasteiger partial charge < -0.3 is 9.32 Å². The molecule has 0 radical (unpaired) electrons. The highest BCUT2D eigenvalue weighted by molar-refractivity contribution is 5.81. The molecule has 1 amide bonds. The summed E-state index contributed by atoms with van der Waals surface area (Å²) in [6.45, 7) is 0.692. The van der Waals surface area contributed by atoms with Gasteiger partial charge in [0.2, 0.25) is 11.8 Å². The maximum absolute atomic E-state index is 13.6. The third kappa shape index (κ3) is 4.00. The van der Waals surface area contributed by atoms with Crippen molar-refractivity contribution in [1.82, 2.24) is 9.88 Å². The second-order valence-electron chi connectivity index (χ2n) is 8.09.